The minimum atomic E-state index is -0.847. The standard InChI is InChI=1S/C2H4N2O2Se/c3-1(5)7-2(4)6/h(H2,3,5)(H2,4,6). The number of nitrogens with two attached hydrogens (primary N) is 2. The van der Waals surface area contributed by atoms with E-state index >= 15 is 0 Å². The van der Waals surface area contributed by atoms with Gasteiger partial charge in [-0.15, -0.1) is 0 Å². The van der Waals surface area contributed by atoms with Crippen molar-refractivity contribution in [3.8, 4) is 0 Å². The number of hydrogen-bond acceptors (Lipinski definition) is 2. The zero-order valence-electron chi connectivity index (χ0n) is 3.38. The summed E-state index contributed by atoms with van der Waals surface area (Å²) in [5, 5.41) is 0. The molecule has 0 aliphatic carbocycles. The molecular formula is C2H4N2O2Se. The first kappa shape index (κ1) is 6.46. The Morgan fingerprint density at radius 1 is 1.14 bits per heavy atom. The van der Waals surface area contributed by atoms with E-state index in [1.807, 2.05) is 0 Å². The van der Waals surface area contributed by atoms with E-state index in [0.29, 0.717) is 0 Å². The second-order valence-corrected chi connectivity index (χ2v) is 2.86. The number of rotatable bonds is 2. The van der Waals surface area contributed by atoms with E-state index in [-0.39, 0.29) is 0 Å². The van der Waals surface area contributed by atoms with E-state index < -0.39 is 24.6 Å². The molecule has 40 valence electrons. The first-order chi connectivity index (χ1) is 3.13. The Bertz CT molecular complexity index is 89.9. The summed E-state index contributed by atoms with van der Waals surface area (Å²) in [4.78, 5) is 18.3. The minimum absolute atomic E-state index is 0.625. The maximum atomic E-state index is 9.76. The molecule has 4 nitrogen and oxygen atoms in total. The normalized spacial score (nSPS) is 8.00. The predicted molar refractivity (Wildman–Crippen MR) is 24.9 cm³/mol. The van der Waals surface area contributed by atoms with Crippen LogP contribution in [-0.2, 0) is 0 Å². The van der Waals surface area contributed by atoms with Crippen LogP contribution in [0.25, 0.3) is 0 Å². The Labute approximate surface area is 46.4 Å². The molecular weight excluding hydrogens is 163 g/mol. The molecule has 0 aromatic carbocycles. The van der Waals surface area contributed by atoms with Gasteiger partial charge in [0.1, 0.15) is 0 Å². The Balaban J connectivity index is 3.32. The third-order valence-corrected chi connectivity index (χ3v) is 1.05. The summed E-state index contributed by atoms with van der Waals surface area (Å²) in [6.07, 6.45) is 0. The van der Waals surface area contributed by atoms with Gasteiger partial charge < -0.3 is 0 Å². The molecule has 0 unspecified atom stereocenters. The number of hydrogen-bond donors (Lipinski definition) is 2. The molecule has 0 aliphatic rings. The van der Waals surface area contributed by atoms with Gasteiger partial charge in [-0.05, 0) is 0 Å². The van der Waals surface area contributed by atoms with Crippen molar-refractivity contribution in [1.82, 2.24) is 0 Å². The Kier molecular flexibility index (Phi) is 2.40. The third kappa shape index (κ3) is 5.46. The van der Waals surface area contributed by atoms with Crippen LogP contribution in [0.5, 0.6) is 0 Å². The molecule has 0 saturated carbocycles. The van der Waals surface area contributed by atoms with Crippen molar-refractivity contribution >= 4 is 24.6 Å². The van der Waals surface area contributed by atoms with Crippen LogP contribution >= 0.6 is 0 Å². The van der Waals surface area contributed by atoms with Crippen LogP contribution in [0.2, 0.25) is 0 Å². The quantitative estimate of drug-likeness (QED) is 0.508. The molecule has 0 aromatic rings. The summed E-state index contributed by atoms with van der Waals surface area (Å²) in [5.41, 5.74) is 9.16. The molecule has 5 heteroatoms. The molecule has 0 aliphatic heterocycles. The molecule has 0 spiro atoms. The van der Waals surface area contributed by atoms with Crippen LogP contribution in [0, 0.1) is 0 Å². The fourth-order valence-corrected chi connectivity index (χ4v) is 0.515. The van der Waals surface area contributed by atoms with Crippen molar-refractivity contribution in [2.45, 2.75) is 0 Å². The maximum absolute atomic E-state index is 9.76. The summed E-state index contributed by atoms with van der Waals surface area (Å²) in [7, 11) is 0. The van der Waals surface area contributed by atoms with Crippen molar-refractivity contribution in [3.63, 3.8) is 0 Å². The second kappa shape index (κ2) is 2.60. The Morgan fingerprint density at radius 3 is 1.43 bits per heavy atom. The second-order valence-electron chi connectivity index (χ2n) is 0.740. The molecule has 0 saturated heterocycles. The SMILES string of the molecule is NC(=O)[Se]C(N)=O. The molecule has 0 atom stereocenters. The first-order valence-corrected chi connectivity index (χ1v) is 3.11. The molecule has 0 heterocycles. The van der Waals surface area contributed by atoms with Gasteiger partial charge in [0.25, 0.3) is 0 Å². The van der Waals surface area contributed by atoms with E-state index in [1.165, 1.54) is 0 Å². The fraction of sp³-hybridized carbons (Fsp3) is 0. The monoisotopic (exact) mass is 168 g/mol. The Morgan fingerprint density at radius 2 is 1.43 bits per heavy atom. The molecule has 0 radical (unpaired) electrons. The Hall–Kier alpha value is -0.541. The molecule has 4 N–H and O–H groups in total. The summed E-state index contributed by atoms with van der Waals surface area (Å²) in [6, 6.07) is 0. The predicted octanol–water partition coefficient (Wildman–Crippen LogP) is -1.15. The fourth-order valence-electron chi connectivity index (χ4n) is 0.0991. The molecule has 0 rings (SSSR count). The van der Waals surface area contributed by atoms with Crippen LogP contribution in [0.3, 0.4) is 0 Å². The van der Waals surface area contributed by atoms with Crippen LogP contribution in [0.15, 0.2) is 0 Å². The van der Waals surface area contributed by atoms with Gasteiger partial charge in [0, 0.05) is 0 Å². The van der Waals surface area contributed by atoms with Crippen molar-refractivity contribution in [2.75, 3.05) is 0 Å². The van der Waals surface area contributed by atoms with Gasteiger partial charge in [0.2, 0.25) is 0 Å². The average Bonchev–Trinajstić information content (AvgIpc) is 1.27. The number of primary amides is 2. The number of carbonyl (C=O) groups is 2. The van der Waals surface area contributed by atoms with Gasteiger partial charge in [-0.25, -0.2) is 0 Å². The van der Waals surface area contributed by atoms with Gasteiger partial charge >= 0.3 is 45.6 Å². The van der Waals surface area contributed by atoms with Gasteiger partial charge in [0.15, 0.2) is 0 Å². The molecule has 0 bridgehead atoms. The topological polar surface area (TPSA) is 86.2 Å². The molecule has 7 heavy (non-hydrogen) atoms. The van der Waals surface area contributed by atoms with Gasteiger partial charge in [-0.1, -0.05) is 0 Å². The number of amides is 2. The van der Waals surface area contributed by atoms with E-state index in [2.05, 4.69) is 11.5 Å². The zero-order chi connectivity index (χ0) is 5.86. The van der Waals surface area contributed by atoms with E-state index in [0.717, 1.165) is 0 Å². The van der Waals surface area contributed by atoms with Crippen LogP contribution in [0.4, 0.5) is 9.59 Å². The van der Waals surface area contributed by atoms with Gasteiger partial charge in [-0.2, -0.15) is 0 Å². The summed E-state index contributed by atoms with van der Waals surface area (Å²) in [5.74, 6) is 0. The van der Waals surface area contributed by atoms with Gasteiger partial charge in [-0.3, -0.25) is 0 Å². The van der Waals surface area contributed by atoms with E-state index in [9.17, 15) is 9.59 Å². The van der Waals surface area contributed by atoms with Crippen LogP contribution in [-0.4, -0.2) is 24.6 Å². The van der Waals surface area contributed by atoms with Crippen molar-refractivity contribution in [1.29, 1.82) is 0 Å². The van der Waals surface area contributed by atoms with Gasteiger partial charge in [0.05, 0.1) is 0 Å². The van der Waals surface area contributed by atoms with Crippen molar-refractivity contribution in [2.24, 2.45) is 11.5 Å². The van der Waals surface area contributed by atoms with E-state index in [1.54, 1.807) is 0 Å². The zero-order valence-corrected chi connectivity index (χ0v) is 5.09. The molecule has 0 aromatic heterocycles. The van der Waals surface area contributed by atoms with Crippen LogP contribution in [0.1, 0.15) is 0 Å². The van der Waals surface area contributed by atoms with E-state index in [4.69, 9.17) is 0 Å². The molecule has 2 amide bonds. The summed E-state index contributed by atoms with van der Waals surface area (Å²) < 4.78 is 0. The van der Waals surface area contributed by atoms with Crippen LogP contribution < -0.4 is 11.5 Å². The summed E-state index contributed by atoms with van der Waals surface area (Å²) >= 11 is -0.847. The number of carbonyl (C=O) groups excluding carboxylic acids is 2. The summed E-state index contributed by atoms with van der Waals surface area (Å²) in [6.45, 7) is 0. The van der Waals surface area contributed by atoms with Crippen molar-refractivity contribution in [3.05, 3.63) is 0 Å². The van der Waals surface area contributed by atoms with Crippen molar-refractivity contribution < 1.29 is 9.59 Å². The third-order valence-electron chi connectivity index (χ3n) is 0.201. The average molecular weight is 167 g/mol. The molecule has 0 fully saturated rings. The first-order valence-electron chi connectivity index (χ1n) is 1.39.